The number of hydrogen-bond acceptors (Lipinski definition) is 2. The van der Waals surface area contributed by atoms with Gasteiger partial charge in [-0.15, -0.1) is 0 Å². The van der Waals surface area contributed by atoms with E-state index in [2.05, 4.69) is 10.0 Å². The number of likely N-dealkylation sites (N-methyl/N-ethyl adjacent to an activating group) is 1. The number of carbonyl (C=O) groups excluding carboxylic acids is 1. The van der Waals surface area contributed by atoms with Gasteiger partial charge in [0.1, 0.15) is 0 Å². The third-order valence-corrected chi connectivity index (χ3v) is 1.91. The molecule has 68 valence electrons. The number of nitrogens with one attached hydrogen (secondary N) is 2. The summed E-state index contributed by atoms with van der Waals surface area (Å²) in [5, 5.41) is 2.60. The average Bonchev–Trinajstić information content (AvgIpc) is 1.83. The Labute approximate surface area is 68.3 Å². The summed E-state index contributed by atoms with van der Waals surface area (Å²) in [7, 11) is -2.25. The third-order valence-electron chi connectivity index (χ3n) is 0.994. The Bertz CT molecular complexity index is 175. The second-order valence-corrected chi connectivity index (χ2v) is 5.66. The highest BCUT2D eigenvalue weighted by molar-refractivity contribution is 7.99. The first kappa shape index (κ1) is 10.6. The number of amides is 1. The highest BCUT2D eigenvalue weighted by Gasteiger charge is 2.02. The zero-order chi connectivity index (χ0) is 8.91. The minimum atomic E-state index is -2.25. The molecule has 0 saturated heterocycles. The summed E-state index contributed by atoms with van der Waals surface area (Å²) in [4.78, 5) is 10.8. The second kappa shape index (κ2) is 4.46. The maximum absolute atomic E-state index is 11.0. The molecule has 4 nitrogen and oxygen atoms in total. The van der Waals surface area contributed by atoms with Crippen molar-refractivity contribution in [3.05, 3.63) is 0 Å². The van der Waals surface area contributed by atoms with Crippen LogP contribution in [-0.4, -0.2) is 35.7 Å². The Kier molecular flexibility index (Phi) is 4.29. The Morgan fingerprint density at radius 2 is 2.00 bits per heavy atom. The summed E-state index contributed by atoms with van der Waals surface area (Å²) >= 11 is 0. The van der Waals surface area contributed by atoms with E-state index >= 15 is 0 Å². The van der Waals surface area contributed by atoms with Gasteiger partial charge in [0.15, 0.2) is 0 Å². The highest BCUT2D eigenvalue weighted by atomic mass is 32.3. The highest BCUT2D eigenvalue weighted by Crippen LogP contribution is 1.81. The van der Waals surface area contributed by atoms with Crippen molar-refractivity contribution in [1.82, 2.24) is 10.0 Å². The van der Waals surface area contributed by atoms with Crippen molar-refractivity contribution in [3.63, 3.8) is 0 Å². The maximum Gasteiger partial charge on any atom is 0.234 e. The van der Waals surface area contributed by atoms with Crippen molar-refractivity contribution in [2.75, 3.05) is 25.6 Å². The molecule has 0 aromatic carbocycles. The quantitative estimate of drug-likeness (QED) is 0.481. The summed E-state index contributed by atoms with van der Waals surface area (Å²) in [6.45, 7) is 2.59. The van der Waals surface area contributed by atoms with Crippen LogP contribution in [0, 0.1) is 0 Å². The van der Waals surface area contributed by atoms with Crippen LogP contribution in [0.3, 0.4) is 0 Å². The fourth-order valence-corrected chi connectivity index (χ4v) is 1.05. The van der Waals surface area contributed by atoms with Gasteiger partial charge in [0.05, 0.1) is 6.54 Å². The molecular weight excluding hydrogens is 164 g/mol. The molecule has 0 radical (unpaired) electrons. The molecule has 5 heteroatoms. The van der Waals surface area contributed by atoms with E-state index in [1.807, 2.05) is 6.92 Å². The van der Waals surface area contributed by atoms with E-state index in [0.29, 0.717) is 6.54 Å². The van der Waals surface area contributed by atoms with Crippen LogP contribution in [0.25, 0.3) is 0 Å². The van der Waals surface area contributed by atoms with Crippen molar-refractivity contribution in [2.24, 2.45) is 0 Å². The Balaban J connectivity index is 3.55. The topological polar surface area (TPSA) is 58.2 Å². The Morgan fingerprint density at radius 3 is 2.36 bits per heavy atom. The van der Waals surface area contributed by atoms with Gasteiger partial charge in [0.25, 0.3) is 0 Å². The van der Waals surface area contributed by atoms with E-state index in [1.54, 1.807) is 12.5 Å². The van der Waals surface area contributed by atoms with Gasteiger partial charge in [0.2, 0.25) is 5.91 Å². The third kappa shape index (κ3) is 7.48. The van der Waals surface area contributed by atoms with Crippen LogP contribution in [-0.2, 0) is 14.9 Å². The average molecular weight is 180 g/mol. The van der Waals surface area contributed by atoms with E-state index < -0.39 is 10.1 Å². The molecule has 0 heterocycles. The van der Waals surface area contributed by atoms with Gasteiger partial charge in [0, 0.05) is 19.1 Å². The van der Waals surface area contributed by atoms with Gasteiger partial charge in [-0.25, -0.2) is 0 Å². The van der Waals surface area contributed by atoms with E-state index in [-0.39, 0.29) is 12.5 Å². The monoisotopic (exact) mass is 180 g/mol. The standard InChI is InChI=1S/C6H16N2O2S/c1-4-7-6(9)5-8-11(2,3)10/h11H,4-5H2,1-3H3,(H,7,9)(H,8,10). The SMILES string of the molecule is CCNC(=O)CN[SH](C)(C)=O. The van der Waals surface area contributed by atoms with Gasteiger partial charge in [-0.1, -0.05) is 10.1 Å². The van der Waals surface area contributed by atoms with E-state index in [0.717, 1.165) is 0 Å². The van der Waals surface area contributed by atoms with E-state index in [1.165, 1.54) is 0 Å². The number of hydrogen-bond donors (Lipinski definition) is 3. The molecule has 0 rings (SSSR count). The van der Waals surface area contributed by atoms with Crippen LogP contribution in [0.1, 0.15) is 6.92 Å². The van der Waals surface area contributed by atoms with Gasteiger partial charge in [-0.05, 0) is 6.92 Å². The fourth-order valence-electron chi connectivity index (χ4n) is 0.522. The van der Waals surface area contributed by atoms with Crippen molar-refractivity contribution in [1.29, 1.82) is 0 Å². The molecule has 0 aromatic heterocycles. The van der Waals surface area contributed by atoms with Crippen molar-refractivity contribution >= 4 is 16.0 Å². The molecule has 0 fully saturated rings. The smallest absolute Gasteiger partial charge is 0.234 e. The predicted octanol–water partition coefficient (Wildman–Crippen LogP) is -1.10. The molecule has 0 spiro atoms. The molecule has 0 bridgehead atoms. The largest absolute Gasteiger partial charge is 0.355 e. The maximum atomic E-state index is 11.0. The van der Waals surface area contributed by atoms with Crippen LogP contribution < -0.4 is 10.0 Å². The van der Waals surface area contributed by atoms with E-state index in [9.17, 15) is 9.00 Å². The minimum Gasteiger partial charge on any atom is -0.355 e. The minimum absolute atomic E-state index is 0.114. The number of thiol groups is 1. The van der Waals surface area contributed by atoms with Crippen LogP contribution >= 0.6 is 0 Å². The fraction of sp³-hybridized carbons (Fsp3) is 0.833. The van der Waals surface area contributed by atoms with Gasteiger partial charge in [-0.2, -0.15) is 0 Å². The zero-order valence-corrected chi connectivity index (χ0v) is 8.07. The lowest BCUT2D eigenvalue weighted by molar-refractivity contribution is -0.119. The van der Waals surface area contributed by atoms with Gasteiger partial charge < -0.3 is 5.32 Å². The lowest BCUT2D eigenvalue weighted by Crippen LogP contribution is -2.38. The molecule has 0 aliphatic carbocycles. The number of rotatable bonds is 4. The molecule has 0 unspecified atom stereocenters. The Morgan fingerprint density at radius 1 is 1.45 bits per heavy atom. The first-order valence-corrected chi connectivity index (χ1v) is 6.12. The van der Waals surface area contributed by atoms with Crippen LogP contribution in [0.2, 0.25) is 0 Å². The van der Waals surface area contributed by atoms with Crippen molar-refractivity contribution in [2.45, 2.75) is 6.92 Å². The lowest BCUT2D eigenvalue weighted by Gasteiger charge is -2.13. The second-order valence-electron chi connectivity index (χ2n) is 2.64. The molecule has 1 amide bonds. The predicted molar refractivity (Wildman–Crippen MR) is 48.1 cm³/mol. The van der Waals surface area contributed by atoms with E-state index in [4.69, 9.17) is 0 Å². The molecule has 0 aliphatic rings. The summed E-state index contributed by atoms with van der Waals surface area (Å²) in [6, 6.07) is 0. The lowest BCUT2D eigenvalue weighted by atomic mass is 10.6. The summed E-state index contributed by atoms with van der Waals surface area (Å²) in [5.74, 6) is -0.114. The zero-order valence-electron chi connectivity index (χ0n) is 7.18. The first-order chi connectivity index (χ1) is 4.95. The van der Waals surface area contributed by atoms with Crippen molar-refractivity contribution < 1.29 is 9.00 Å². The molecule has 0 saturated carbocycles. The molecule has 0 aromatic rings. The first-order valence-electron chi connectivity index (χ1n) is 3.52. The normalized spacial score (nSPS) is 12.6. The van der Waals surface area contributed by atoms with Gasteiger partial charge >= 0.3 is 0 Å². The summed E-state index contributed by atoms with van der Waals surface area (Å²) < 4.78 is 13.7. The molecule has 2 N–H and O–H groups in total. The van der Waals surface area contributed by atoms with Gasteiger partial charge in [-0.3, -0.25) is 13.7 Å². The Hall–Kier alpha value is -0.420. The molecular formula is C6H16N2O2S. The summed E-state index contributed by atoms with van der Waals surface area (Å²) in [6.07, 6.45) is 3.18. The molecule has 11 heavy (non-hydrogen) atoms. The van der Waals surface area contributed by atoms with Crippen molar-refractivity contribution in [3.8, 4) is 0 Å². The summed E-state index contributed by atoms with van der Waals surface area (Å²) in [5.41, 5.74) is 0. The molecule has 0 atom stereocenters. The van der Waals surface area contributed by atoms with Crippen LogP contribution in [0.4, 0.5) is 0 Å². The van der Waals surface area contributed by atoms with Crippen LogP contribution in [0.15, 0.2) is 0 Å². The molecule has 0 aliphatic heterocycles. The van der Waals surface area contributed by atoms with Crippen LogP contribution in [0.5, 0.6) is 0 Å². The number of carbonyl (C=O) groups is 1.